The highest BCUT2D eigenvalue weighted by molar-refractivity contribution is 5.67. The van der Waals surface area contributed by atoms with Crippen LogP contribution in [0.3, 0.4) is 0 Å². The number of anilines is 4. The van der Waals surface area contributed by atoms with Crippen molar-refractivity contribution < 1.29 is 22.6 Å². The molecule has 0 amide bonds. The number of rotatable bonds is 7. The number of hydrogen-bond acceptors (Lipinski definition) is 7. The van der Waals surface area contributed by atoms with E-state index in [2.05, 4.69) is 33.0 Å². The van der Waals surface area contributed by atoms with Gasteiger partial charge in [0.1, 0.15) is 22.9 Å². The fourth-order valence-electron chi connectivity index (χ4n) is 7.00. The molecule has 7 nitrogen and oxygen atoms in total. The molecule has 4 bridgehead atoms. The average molecular weight is 570 g/mol. The zero-order valence-electron chi connectivity index (χ0n) is 23.9. The van der Waals surface area contributed by atoms with Gasteiger partial charge in [-0.15, -0.1) is 0 Å². The number of methoxy groups -OCH3 is 2. The molecule has 220 valence electrons. The first-order chi connectivity index (χ1) is 19.7. The van der Waals surface area contributed by atoms with Crippen molar-refractivity contribution in [2.75, 3.05) is 31.9 Å². The molecule has 4 fully saturated rings. The van der Waals surface area contributed by atoms with Gasteiger partial charge < -0.3 is 25.4 Å². The summed E-state index contributed by atoms with van der Waals surface area (Å²) in [6.07, 6.45) is 3.87. The molecule has 0 atom stereocenters. The smallest absolute Gasteiger partial charge is 0.421 e. The van der Waals surface area contributed by atoms with Crippen molar-refractivity contribution in [2.24, 2.45) is 23.7 Å². The molecule has 2 aromatic carbocycles. The van der Waals surface area contributed by atoms with Gasteiger partial charge in [0.2, 0.25) is 5.95 Å². The molecular formula is C31H38F3N5O2. The Bertz CT molecular complexity index is 1320. The van der Waals surface area contributed by atoms with Crippen LogP contribution in [0.4, 0.5) is 36.3 Å². The summed E-state index contributed by atoms with van der Waals surface area (Å²) in [5.41, 5.74) is 0.818. The molecule has 0 radical (unpaired) electrons. The van der Waals surface area contributed by atoms with Crippen molar-refractivity contribution in [3.63, 3.8) is 0 Å². The first kappa shape index (κ1) is 29.0. The maximum absolute atomic E-state index is 13.4. The Hall–Kier alpha value is -3.53. The van der Waals surface area contributed by atoms with Crippen molar-refractivity contribution in [3.05, 3.63) is 59.8 Å². The highest BCUT2D eigenvalue weighted by Gasteiger charge is 2.47. The molecule has 3 aromatic rings. The molecule has 0 saturated heterocycles. The van der Waals surface area contributed by atoms with Gasteiger partial charge in [0.05, 0.1) is 19.9 Å². The van der Waals surface area contributed by atoms with E-state index in [1.807, 2.05) is 0 Å². The number of benzene rings is 2. The van der Waals surface area contributed by atoms with Crippen molar-refractivity contribution >= 4 is 23.1 Å². The number of alkyl halides is 3. The van der Waals surface area contributed by atoms with Crippen LogP contribution in [0.2, 0.25) is 0 Å². The van der Waals surface area contributed by atoms with Crippen LogP contribution in [0, 0.1) is 30.6 Å². The standard InChI is InChI=1S/C20H19F3N4O2.C11H19N/c1-12-6-4-5-7-15(12)25-18-14(20(21,22)23)11-24-19(27-18)26-16-9-8-13(28-2)10-17(16)29-3;1-12-11-9-3-7-2-8(5-9)6-10(11)4-7/h4-11H,1-3H3,(H2,24,25,26,27);7-12H,2-6H2,1H3. The third kappa shape index (κ3) is 6.53. The van der Waals surface area contributed by atoms with E-state index in [1.165, 1.54) is 14.2 Å². The van der Waals surface area contributed by atoms with E-state index < -0.39 is 11.7 Å². The molecule has 0 unspecified atom stereocenters. The number of aromatic nitrogens is 2. The van der Waals surface area contributed by atoms with E-state index in [9.17, 15) is 13.2 Å². The van der Waals surface area contributed by atoms with E-state index in [1.54, 1.807) is 81.5 Å². The minimum absolute atomic E-state index is 0.0162. The fourth-order valence-corrected chi connectivity index (χ4v) is 7.00. The summed E-state index contributed by atoms with van der Waals surface area (Å²) in [6.45, 7) is 1.79. The number of ether oxygens (including phenoxy) is 2. The molecule has 0 aliphatic heterocycles. The third-order valence-electron chi connectivity index (χ3n) is 8.71. The Morgan fingerprint density at radius 3 is 2.12 bits per heavy atom. The van der Waals surface area contributed by atoms with Crippen LogP contribution in [0.15, 0.2) is 48.7 Å². The lowest BCUT2D eigenvalue weighted by molar-refractivity contribution is -0.137. The van der Waals surface area contributed by atoms with Gasteiger partial charge in [0.15, 0.2) is 0 Å². The van der Waals surface area contributed by atoms with Crippen LogP contribution in [0.25, 0.3) is 0 Å². The topological polar surface area (TPSA) is 80.3 Å². The van der Waals surface area contributed by atoms with Crippen LogP contribution in [0.1, 0.15) is 43.2 Å². The largest absolute Gasteiger partial charge is 0.497 e. The number of halogens is 3. The summed E-state index contributed by atoms with van der Waals surface area (Å²) in [4.78, 5) is 7.86. The zero-order valence-corrected chi connectivity index (χ0v) is 23.9. The highest BCUT2D eigenvalue weighted by atomic mass is 19.4. The summed E-state index contributed by atoms with van der Waals surface area (Å²) in [7, 11) is 5.15. The van der Waals surface area contributed by atoms with E-state index in [4.69, 9.17) is 9.47 Å². The summed E-state index contributed by atoms with van der Waals surface area (Å²) in [6, 6.07) is 12.9. The van der Waals surface area contributed by atoms with Gasteiger partial charge in [-0.1, -0.05) is 18.2 Å². The Balaban J connectivity index is 0.000000230. The molecule has 10 heteroatoms. The normalized spacial score (nSPS) is 24.3. The molecule has 4 aliphatic carbocycles. The fraction of sp³-hybridized carbons (Fsp3) is 0.484. The predicted molar refractivity (Wildman–Crippen MR) is 154 cm³/mol. The quantitative estimate of drug-likeness (QED) is 0.275. The molecule has 4 saturated carbocycles. The van der Waals surface area contributed by atoms with Crippen LogP contribution >= 0.6 is 0 Å². The van der Waals surface area contributed by atoms with Crippen LogP contribution < -0.4 is 25.4 Å². The lowest BCUT2D eigenvalue weighted by Gasteiger charge is -2.54. The van der Waals surface area contributed by atoms with E-state index in [0.29, 0.717) is 22.9 Å². The number of para-hydroxylation sites is 1. The van der Waals surface area contributed by atoms with Gasteiger partial charge in [-0.3, -0.25) is 0 Å². The van der Waals surface area contributed by atoms with Gasteiger partial charge in [0.25, 0.3) is 0 Å². The Morgan fingerprint density at radius 1 is 0.854 bits per heavy atom. The molecule has 4 aliphatic rings. The number of nitrogens with one attached hydrogen (secondary N) is 3. The summed E-state index contributed by atoms with van der Waals surface area (Å²) < 4.78 is 50.7. The first-order valence-corrected chi connectivity index (χ1v) is 14.1. The second-order valence-corrected chi connectivity index (χ2v) is 11.3. The van der Waals surface area contributed by atoms with Crippen molar-refractivity contribution in [1.82, 2.24) is 15.3 Å². The predicted octanol–water partition coefficient (Wildman–Crippen LogP) is 7.34. The van der Waals surface area contributed by atoms with Crippen molar-refractivity contribution in [3.8, 4) is 11.5 Å². The third-order valence-corrected chi connectivity index (χ3v) is 8.71. The molecule has 41 heavy (non-hydrogen) atoms. The van der Waals surface area contributed by atoms with E-state index >= 15 is 0 Å². The van der Waals surface area contributed by atoms with Crippen molar-refractivity contribution in [2.45, 2.75) is 51.2 Å². The molecule has 0 spiro atoms. The van der Waals surface area contributed by atoms with Gasteiger partial charge in [-0.05, 0) is 93.5 Å². The number of aryl methyl sites for hydroxylation is 1. The zero-order chi connectivity index (χ0) is 29.1. The monoisotopic (exact) mass is 569 g/mol. The Kier molecular flexibility index (Phi) is 8.58. The average Bonchev–Trinajstić information content (AvgIpc) is 2.94. The SMILES string of the molecule is CNC1C2CC3CC(C2)CC1C3.COc1ccc(Nc2ncc(C(F)(F)F)c(Nc3ccccc3C)n2)c(OC)c1. The second kappa shape index (κ2) is 12.1. The van der Waals surface area contributed by atoms with Crippen LogP contribution in [-0.4, -0.2) is 37.3 Å². The maximum Gasteiger partial charge on any atom is 0.421 e. The minimum atomic E-state index is -4.61. The summed E-state index contributed by atoms with van der Waals surface area (Å²) in [5, 5.41) is 9.19. The van der Waals surface area contributed by atoms with Gasteiger partial charge >= 0.3 is 6.18 Å². The summed E-state index contributed by atoms with van der Waals surface area (Å²) >= 11 is 0. The molecule has 7 rings (SSSR count). The second-order valence-electron chi connectivity index (χ2n) is 11.3. The van der Waals surface area contributed by atoms with Gasteiger partial charge in [-0.25, -0.2) is 4.98 Å². The number of hydrogen-bond donors (Lipinski definition) is 3. The molecule has 3 N–H and O–H groups in total. The Morgan fingerprint density at radius 2 is 1.54 bits per heavy atom. The number of nitrogens with zero attached hydrogens (tertiary/aromatic N) is 2. The molecule has 1 aromatic heterocycles. The van der Waals surface area contributed by atoms with Gasteiger partial charge in [-0.2, -0.15) is 18.2 Å². The van der Waals surface area contributed by atoms with Crippen LogP contribution in [0.5, 0.6) is 11.5 Å². The van der Waals surface area contributed by atoms with Crippen LogP contribution in [-0.2, 0) is 6.18 Å². The highest BCUT2D eigenvalue weighted by Crippen LogP contribution is 2.53. The van der Waals surface area contributed by atoms with E-state index in [0.717, 1.165) is 41.5 Å². The van der Waals surface area contributed by atoms with Gasteiger partial charge in [0, 0.05) is 24.0 Å². The molecular weight excluding hydrogens is 531 g/mol. The Labute approximate surface area is 239 Å². The molecule has 1 heterocycles. The first-order valence-electron chi connectivity index (χ1n) is 14.1. The lowest BCUT2D eigenvalue weighted by Crippen LogP contribution is -2.53. The lowest BCUT2D eigenvalue weighted by atomic mass is 9.54. The van der Waals surface area contributed by atoms with Crippen molar-refractivity contribution in [1.29, 1.82) is 0 Å². The van der Waals surface area contributed by atoms with E-state index in [-0.39, 0.29) is 11.8 Å². The maximum atomic E-state index is 13.4. The summed E-state index contributed by atoms with van der Waals surface area (Å²) in [5.74, 6) is 4.98. The minimum Gasteiger partial charge on any atom is -0.497 e.